The molecule has 0 aromatic carbocycles. The molecule has 1 aromatic heterocycles. The zero-order valence-corrected chi connectivity index (χ0v) is 11.5. The Morgan fingerprint density at radius 3 is 2.56 bits per heavy atom. The molecule has 0 unspecified atom stereocenters. The maximum atomic E-state index is 11.9. The molecule has 5 heteroatoms. The van der Waals surface area contributed by atoms with Gasteiger partial charge in [0.2, 0.25) is 0 Å². The third-order valence-electron chi connectivity index (χ3n) is 2.93. The van der Waals surface area contributed by atoms with Crippen LogP contribution in [-0.2, 0) is 7.05 Å². The van der Waals surface area contributed by atoms with Crippen molar-refractivity contribution in [3.05, 3.63) is 18.0 Å². The molecule has 0 aliphatic carbocycles. The monoisotopic (exact) mass is 287 g/mol. The summed E-state index contributed by atoms with van der Waals surface area (Å²) in [5.41, 5.74) is 0.295. The predicted octanol–water partition coefficient (Wildman–Crippen LogP) is 2.10. The van der Waals surface area contributed by atoms with Crippen LogP contribution >= 0.6 is 15.9 Å². The molecule has 0 aliphatic heterocycles. The highest BCUT2D eigenvalue weighted by Crippen LogP contribution is 2.18. The number of alkyl halides is 1. The number of carbonyl (C=O) groups excluding carboxylic acids is 1. The number of carbonyl (C=O) groups is 1. The van der Waals surface area contributed by atoms with Gasteiger partial charge in [-0.25, -0.2) is 0 Å². The Morgan fingerprint density at radius 2 is 2.19 bits per heavy atom. The van der Waals surface area contributed by atoms with E-state index in [-0.39, 0.29) is 11.4 Å². The first kappa shape index (κ1) is 13.2. The first-order chi connectivity index (χ1) is 7.56. The van der Waals surface area contributed by atoms with Gasteiger partial charge in [0.15, 0.2) is 0 Å². The maximum Gasteiger partial charge on any atom is 0.272 e. The third kappa shape index (κ3) is 2.84. The molecule has 0 spiro atoms. The van der Waals surface area contributed by atoms with Crippen molar-refractivity contribution in [1.29, 1.82) is 0 Å². The molecule has 0 aliphatic rings. The summed E-state index contributed by atoms with van der Waals surface area (Å²) >= 11 is 3.46. The molecular formula is C11H18BrN3O. The Bertz CT molecular complexity index is 350. The fraction of sp³-hybridized carbons (Fsp3) is 0.636. The lowest BCUT2D eigenvalue weighted by Crippen LogP contribution is -2.49. The molecule has 4 nitrogen and oxygen atoms in total. The number of nitrogens with zero attached hydrogens (tertiary/aromatic N) is 2. The minimum absolute atomic E-state index is 0.108. The summed E-state index contributed by atoms with van der Waals surface area (Å²) in [5.74, 6) is -0.108. The molecule has 0 saturated carbocycles. The van der Waals surface area contributed by atoms with Gasteiger partial charge in [0.1, 0.15) is 5.69 Å². The van der Waals surface area contributed by atoms with E-state index in [2.05, 4.69) is 40.2 Å². The Kier molecular flexibility index (Phi) is 4.53. The highest BCUT2D eigenvalue weighted by atomic mass is 79.9. The average molecular weight is 288 g/mol. The summed E-state index contributed by atoms with van der Waals surface area (Å²) < 4.78 is 1.63. The number of hydrogen-bond donors (Lipinski definition) is 1. The van der Waals surface area contributed by atoms with Crippen LogP contribution in [0.25, 0.3) is 0 Å². The standard InChI is InChI=1S/C11H18BrN3O/c1-4-11(5-2,8-12)13-10(16)9-6-7-15(3)14-9/h6-7H,4-5,8H2,1-3H3,(H,13,16). The van der Waals surface area contributed by atoms with E-state index in [4.69, 9.17) is 0 Å². The van der Waals surface area contributed by atoms with E-state index in [1.165, 1.54) is 0 Å². The van der Waals surface area contributed by atoms with Gasteiger partial charge in [-0.05, 0) is 18.9 Å². The Morgan fingerprint density at radius 1 is 1.56 bits per heavy atom. The fourth-order valence-electron chi connectivity index (χ4n) is 1.49. The van der Waals surface area contributed by atoms with Crippen molar-refractivity contribution >= 4 is 21.8 Å². The Hall–Kier alpha value is -0.840. The van der Waals surface area contributed by atoms with E-state index in [1.54, 1.807) is 24.0 Å². The van der Waals surface area contributed by atoms with Gasteiger partial charge in [-0.1, -0.05) is 29.8 Å². The lowest BCUT2D eigenvalue weighted by molar-refractivity contribution is 0.0898. The topological polar surface area (TPSA) is 46.9 Å². The molecule has 16 heavy (non-hydrogen) atoms. The van der Waals surface area contributed by atoms with Crippen molar-refractivity contribution in [2.24, 2.45) is 7.05 Å². The molecule has 0 atom stereocenters. The summed E-state index contributed by atoms with van der Waals surface area (Å²) in [6, 6.07) is 1.72. The second kappa shape index (κ2) is 5.48. The van der Waals surface area contributed by atoms with Gasteiger partial charge in [0, 0.05) is 24.1 Å². The van der Waals surface area contributed by atoms with E-state index in [0.29, 0.717) is 5.69 Å². The van der Waals surface area contributed by atoms with Gasteiger partial charge in [-0.2, -0.15) is 5.10 Å². The minimum atomic E-state index is -0.172. The summed E-state index contributed by atoms with van der Waals surface area (Å²) in [4.78, 5) is 11.9. The first-order valence-electron chi connectivity index (χ1n) is 5.45. The van der Waals surface area contributed by atoms with Crippen molar-refractivity contribution in [2.45, 2.75) is 32.2 Å². The maximum absolute atomic E-state index is 11.9. The van der Waals surface area contributed by atoms with Crippen LogP contribution in [0.15, 0.2) is 12.3 Å². The Balaban J connectivity index is 2.76. The number of halogens is 1. The van der Waals surface area contributed by atoms with E-state index < -0.39 is 0 Å². The van der Waals surface area contributed by atoms with Crippen LogP contribution in [0.3, 0.4) is 0 Å². The lowest BCUT2D eigenvalue weighted by atomic mass is 9.95. The fourth-order valence-corrected chi connectivity index (χ4v) is 2.42. The molecule has 1 rings (SSSR count). The van der Waals surface area contributed by atoms with E-state index >= 15 is 0 Å². The number of rotatable bonds is 5. The van der Waals surface area contributed by atoms with Crippen LogP contribution in [0.4, 0.5) is 0 Å². The van der Waals surface area contributed by atoms with Crippen LogP contribution < -0.4 is 5.32 Å². The first-order valence-corrected chi connectivity index (χ1v) is 6.57. The second-order valence-corrected chi connectivity index (χ2v) is 4.51. The molecule has 1 heterocycles. The number of amides is 1. The summed E-state index contributed by atoms with van der Waals surface area (Å²) in [5, 5.41) is 7.89. The van der Waals surface area contributed by atoms with Crippen molar-refractivity contribution in [2.75, 3.05) is 5.33 Å². The summed E-state index contributed by atoms with van der Waals surface area (Å²) in [7, 11) is 1.80. The van der Waals surface area contributed by atoms with Crippen LogP contribution in [-0.4, -0.2) is 26.6 Å². The SMILES string of the molecule is CCC(CC)(CBr)NC(=O)c1ccn(C)n1. The second-order valence-electron chi connectivity index (χ2n) is 3.95. The third-order valence-corrected chi connectivity index (χ3v) is 4.01. The van der Waals surface area contributed by atoms with Gasteiger partial charge in [0.05, 0.1) is 0 Å². The van der Waals surface area contributed by atoms with Gasteiger partial charge in [0.25, 0.3) is 5.91 Å². The van der Waals surface area contributed by atoms with Crippen LogP contribution in [0.2, 0.25) is 0 Å². The van der Waals surface area contributed by atoms with Crippen molar-refractivity contribution in [3.8, 4) is 0 Å². The highest BCUT2D eigenvalue weighted by molar-refractivity contribution is 9.09. The van der Waals surface area contributed by atoms with Gasteiger partial charge < -0.3 is 5.32 Å². The normalized spacial score (nSPS) is 11.5. The number of aromatic nitrogens is 2. The lowest BCUT2D eigenvalue weighted by Gasteiger charge is -2.30. The highest BCUT2D eigenvalue weighted by Gasteiger charge is 2.27. The number of aryl methyl sites for hydroxylation is 1. The largest absolute Gasteiger partial charge is 0.344 e. The van der Waals surface area contributed by atoms with Crippen molar-refractivity contribution < 1.29 is 4.79 Å². The summed E-state index contributed by atoms with van der Waals surface area (Å²) in [6.07, 6.45) is 3.56. The molecule has 0 radical (unpaired) electrons. The smallest absolute Gasteiger partial charge is 0.272 e. The van der Waals surface area contributed by atoms with E-state index in [0.717, 1.165) is 18.2 Å². The quantitative estimate of drug-likeness (QED) is 0.843. The van der Waals surface area contributed by atoms with Crippen molar-refractivity contribution in [1.82, 2.24) is 15.1 Å². The van der Waals surface area contributed by atoms with Gasteiger partial charge in [-0.3, -0.25) is 9.48 Å². The number of hydrogen-bond acceptors (Lipinski definition) is 2. The number of nitrogens with one attached hydrogen (secondary N) is 1. The molecule has 1 aromatic rings. The van der Waals surface area contributed by atoms with E-state index in [9.17, 15) is 4.79 Å². The van der Waals surface area contributed by atoms with Gasteiger partial charge >= 0.3 is 0 Å². The zero-order valence-electron chi connectivity index (χ0n) is 9.96. The average Bonchev–Trinajstić information content (AvgIpc) is 2.73. The van der Waals surface area contributed by atoms with Gasteiger partial charge in [-0.15, -0.1) is 0 Å². The molecule has 90 valence electrons. The molecule has 1 amide bonds. The van der Waals surface area contributed by atoms with Crippen LogP contribution in [0.5, 0.6) is 0 Å². The van der Waals surface area contributed by atoms with Crippen LogP contribution in [0, 0.1) is 0 Å². The minimum Gasteiger partial charge on any atom is -0.344 e. The molecular weight excluding hydrogens is 270 g/mol. The molecule has 0 fully saturated rings. The molecule has 0 bridgehead atoms. The van der Waals surface area contributed by atoms with Crippen LogP contribution in [0.1, 0.15) is 37.2 Å². The van der Waals surface area contributed by atoms with Crippen molar-refractivity contribution in [3.63, 3.8) is 0 Å². The summed E-state index contributed by atoms with van der Waals surface area (Å²) in [6.45, 7) is 4.15. The molecule has 1 N–H and O–H groups in total. The zero-order chi connectivity index (χ0) is 12.2. The molecule has 0 saturated heterocycles. The van der Waals surface area contributed by atoms with E-state index in [1.807, 2.05) is 0 Å². The predicted molar refractivity (Wildman–Crippen MR) is 67.8 cm³/mol. The Labute approximate surface area is 105 Å².